The zero-order valence-corrected chi connectivity index (χ0v) is 10.8. The van der Waals surface area contributed by atoms with Crippen LogP contribution in [-0.2, 0) is 4.74 Å². The molecule has 2 N–H and O–H groups in total. The van der Waals surface area contributed by atoms with Gasteiger partial charge in [-0.3, -0.25) is 4.90 Å². The van der Waals surface area contributed by atoms with E-state index in [2.05, 4.69) is 4.90 Å². The molecule has 1 aromatic rings. The van der Waals surface area contributed by atoms with E-state index in [1.54, 1.807) is 0 Å². The van der Waals surface area contributed by atoms with Crippen molar-refractivity contribution >= 4 is 0 Å². The van der Waals surface area contributed by atoms with Crippen molar-refractivity contribution in [3.63, 3.8) is 0 Å². The predicted octanol–water partition coefficient (Wildman–Crippen LogP) is 1.47. The predicted molar refractivity (Wildman–Crippen MR) is 69.7 cm³/mol. The van der Waals surface area contributed by atoms with Crippen LogP contribution in [0.3, 0.4) is 0 Å². The third-order valence-corrected chi connectivity index (χ3v) is 3.79. The van der Waals surface area contributed by atoms with Gasteiger partial charge >= 0.3 is 0 Å². The van der Waals surface area contributed by atoms with Gasteiger partial charge in [-0.1, -0.05) is 18.2 Å². The van der Waals surface area contributed by atoms with E-state index >= 15 is 0 Å². The molecule has 104 valence electrons. The molecule has 2 aliphatic rings. The van der Waals surface area contributed by atoms with Crippen LogP contribution in [0.4, 0.5) is 4.39 Å². The van der Waals surface area contributed by atoms with Crippen molar-refractivity contribution in [3.8, 4) is 5.75 Å². The highest BCUT2D eigenvalue weighted by Gasteiger charge is 2.33. The van der Waals surface area contributed by atoms with Gasteiger partial charge in [0.2, 0.25) is 0 Å². The zero-order chi connectivity index (χ0) is 13.2. The van der Waals surface area contributed by atoms with Crippen LogP contribution < -0.4 is 10.5 Å². The van der Waals surface area contributed by atoms with Crippen molar-refractivity contribution in [3.05, 3.63) is 29.8 Å². The maximum Gasteiger partial charge on any atom is 0.154 e. The summed E-state index contributed by atoms with van der Waals surface area (Å²) < 4.78 is 24.1. The second-order valence-corrected chi connectivity index (χ2v) is 5.09. The van der Waals surface area contributed by atoms with Crippen molar-refractivity contribution in [1.29, 1.82) is 0 Å². The largest absolute Gasteiger partial charge is 0.475 e. The first kappa shape index (κ1) is 12.8. The Bertz CT molecular complexity index is 443. The summed E-state index contributed by atoms with van der Waals surface area (Å²) in [5, 5.41) is 0. The lowest BCUT2D eigenvalue weighted by molar-refractivity contribution is -0.0967. The summed E-state index contributed by atoms with van der Waals surface area (Å²) in [6, 6.07) is 7.82. The van der Waals surface area contributed by atoms with Crippen molar-refractivity contribution in [2.75, 3.05) is 26.4 Å². The van der Waals surface area contributed by atoms with Gasteiger partial charge in [0.1, 0.15) is 12.4 Å². The average Bonchev–Trinajstić information content (AvgIpc) is 2.47. The molecule has 1 saturated heterocycles. The lowest BCUT2D eigenvalue weighted by Crippen LogP contribution is -2.52. The molecule has 0 spiro atoms. The number of benzene rings is 1. The fourth-order valence-electron chi connectivity index (χ4n) is 2.75. The molecular weight excluding hydrogens is 247 g/mol. The normalized spacial score (nSPS) is 31.6. The Kier molecular flexibility index (Phi) is 3.68. The lowest BCUT2D eigenvalue weighted by Gasteiger charge is -2.40. The average molecular weight is 266 g/mol. The summed E-state index contributed by atoms with van der Waals surface area (Å²) in [5.74, 6) is 0.842. The molecule has 2 heterocycles. The number of para-hydroxylation sites is 1. The van der Waals surface area contributed by atoms with Gasteiger partial charge in [-0.25, -0.2) is 4.39 Å². The van der Waals surface area contributed by atoms with E-state index in [-0.39, 0.29) is 18.4 Å². The van der Waals surface area contributed by atoms with E-state index in [0.29, 0.717) is 13.2 Å². The van der Waals surface area contributed by atoms with Crippen molar-refractivity contribution in [2.45, 2.75) is 24.8 Å². The van der Waals surface area contributed by atoms with E-state index in [1.165, 1.54) is 0 Å². The van der Waals surface area contributed by atoms with E-state index in [1.807, 2.05) is 24.3 Å². The van der Waals surface area contributed by atoms with Crippen LogP contribution in [0.25, 0.3) is 0 Å². The van der Waals surface area contributed by atoms with Gasteiger partial charge in [0.25, 0.3) is 0 Å². The van der Waals surface area contributed by atoms with Gasteiger partial charge < -0.3 is 15.2 Å². The molecule has 0 aliphatic carbocycles. The molecule has 3 rings (SSSR count). The molecule has 19 heavy (non-hydrogen) atoms. The number of ether oxygens (including phenoxy) is 2. The maximum absolute atomic E-state index is 12.7. The molecule has 0 radical (unpaired) electrons. The molecule has 2 aliphatic heterocycles. The minimum atomic E-state index is -0.453. The van der Waals surface area contributed by atoms with E-state index in [4.69, 9.17) is 15.2 Å². The van der Waals surface area contributed by atoms with Crippen LogP contribution in [0.1, 0.15) is 18.0 Å². The molecule has 1 aromatic carbocycles. The number of fused-ring (bicyclic) bond motifs is 1. The first-order valence-electron chi connectivity index (χ1n) is 6.70. The van der Waals surface area contributed by atoms with Crippen LogP contribution >= 0.6 is 0 Å². The Morgan fingerprint density at radius 1 is 1.37 bits per heavy atom. The fourth-order valence-corrected chi connectivity index (χ4v) is 2.75. The Balaban J connectivity index is 1.74. The zero-order valence-electron chi connectivity index (χ0n) is 10.8. The molecule has 3 atom stereocenters. The summed E-state index contributed by atoms with van der Waals surface area (Å²) in [7, 11) is 0. The van der Waals surface area contributed by atoms with Crippen LogP contribution in [0.5, 0.6) is 5.75 Å². The number of rotatable bonds is 2. The molecular formula is C14H19FN2O2. The Morgan fingerprint density at radius 3 is 3.05 bits per heavy atom. The monoisotopic (exact) mass is 266 g/mol. The van der Waals surface area contributed by atoms with E-state index < -0.39 is 6.67 Å². The summed E-state index contributed by atoms with van der Waals surface area (Å²) in [5.41, 5.74) is 7.25. The third kappa shape index (κ3) is 2.59. The summed E-state index contributed by atoms with van der Waals surface area (Å²) in [6.07, 6.45) is 0.310. The summed E-state index contributed by atoms with van der Waals surface area (Å²) in [4.78, 5) is 2.13. The topological polar surface area (TPSA) is 47.7 Å². The maximum atomic E-state index is 12.7. The molecule has 0 saturated carbocycles. The van der Waals surface area contributed by atoms with Crippen molar-refractivity contribution in [1.82, 2.24) is 4.90 Å². The number of hydrogen-bond acceptors (Lipinski definition) is 4. The molecule has 0 bridgehead atoms. The van der Waals surface area contributed by atoms with Crippen LogP contribution in [-0.4, -0.2) is 43.6 Å². The minimum absolute atomic E-state index is 0.0263. The lowest BCUT2D eigenvalue weighted by atomic mass is 9.99. The molecule has 0 amide bonds. The molecule has 1 fully saturated rings. The highest BCUT2D eigenvalue weighted by molar-refractivity contribution is 5.37. The molecule has 4 nitrogen and oxygen atoms in total. The van der Waals surface area contributed by atoms with Gasteiger partial charge in [-0.05, 0) is 6.07 Å². The van der Waals surface area contributed by atoms with Gasteiger partial charge in [-0.2, -0.15) is 0 Å². The number of nitrogens with zero attached hydrogens (tertiary/aromatic N) is 1. The second-order valence-electron chi connectivity index (χ2n) is 5.09. The fraction of sp³-hybridized carbons (Fsp3) is 0.571. The SMILES string of the molecule is NC1CC(N2CCO[C@@H](CF)C2)Oc2ccccc21. The van der Waals surface area contributed by atoms with E-state index in [9.17, 15) is 4.39 Å². The highest BCUT2D eigenvalue weighted by atomic mass is 19.1. The second kappa shape index (κ2) is 5.45. The third-order valence-electron chi connectivity index (χ3n) is 3.79. The Labute approximate surface area is 112 Å². The van der Waals surface area contributed by atoms with Crippen LogP contribution in [0.15, 0.2) is 24.3 Å². The van der Waals surface area contributed by atoms with Crippen LogP contribution in [0, 0.1) is 0 Å². The first-order chi connectivity index (χ1) is 9.28. The highest BCUT2D eigenvalue weighted by Crippen LogP contribution is 2.34. The first-order valence-corrected chi connectivity index (χ1v) is 6.70. The number of hydrogen-bond donors (Lipinski definition) is 1. The van der Waals surface area contributed by atoms with Crippen molar-refractivity contribution < 1.29 is 13.9 Å². The van der Waals surface area contributed by atoms with Gasteiger partial charge in [0, 0.05) is 31.1 Å². The smallest absolute Gasteiger partial charge is 0.154 e. The Hall–Kier alpha value is -1.17. The number of nitrogens with two attached hydrogens (primary N) is 1. The van der Waals surface area contributed by atoms with Crippen molar-refractivity contribution in [2.24, 2.45) is 5.73 Å². The quantitative estimate of drug-likeness (QED) is 0.880. The number of halogens is 1. The number of morpholine rings is 1. The van der Waals surface area contributed by atoms with Gasteiger partial charge in [-0.15, -0.1) is 0 Å². The summed E-state index contributed by atoms with van der Waals surface area (Å²) >= 11 is 0. The molecule has 0 aromatic heterocycles. The van der Waals surface area contributed by atoms with Crippen LogP contribution in [0.2, 0.25) is 0 Å². The minimum Gasteiger partial charge on any atom is -0.475 e. The van der Waals surface area contributed by atoms with Gasteiger partial charge in [0.15, 0.2) is 6.23 Å². The summed E-state index contributed by atoms with van der Waals surface area (Å²) in [6.45, 7) is 1.42. The van der Waals surface area contributed by atoms with E-state index in [0.717, 1.165) is 24.3 Å². The Morgan fingerprint density at radius 2 is 2.21 bits per heavy atom. The molecule has 2 unspecified atom stereocenters. The molecule has 5 heteroatoms. The standard InChI is InChI=1S/C14H19FN2O2/c15-8-10-9-17(5-6-18-10)14-7-12(16)11-3-1-2-4-13(11)19-14/h1-4,10,12,14H,5-9,16H2/t10-,12?,14?/m0/s1. The van der Waals surface area contributed by atoms with Gasteiger partial charge in [0.05, 0.1) is 12.7 Å². The number of alkyl halides is 1.